The van der Waals surface area contributed by atoms with Crippen LogP contribution in [-0.2, 0) is 36.0 Å². The first-order chi connectivity index (χ1) is 6.68. The smallest absolute Gasteiger partial charge is 0.302 e. The van der Waals surface area contributed by atoms with E-state index in [9.17, 15) is 13.7 Å². The van der Waals surface area contributed by atoms with Crippen LogP contribution >= 0.6 is 23.5 Å². The Morgan fingerprint density at radius 3 is 2.27 bits per heavy atom. The van der Waals surface area contributed by atoms with Gasteiger partial charge in [0.15, 0.2) is 6.79 Å². The molecule has 1 rings (SSSR count). The highest BCUT2D eigenvalue weighted by molar-refractivity contribution is 7.67. The third-order valence-electron chi connectivity index (χ3n) is 0.957. The largest absolute Gasteiger partial charge is 0.502 e. The van der Waals surface area contributed by atoms with Gasteiger partial charge in [-0.3, -0.25) is 9.05 Å². The van der Waals surface area contributed by atoms with Crippen molar-refractivity contribution in [1.82, 2.24) is 0 Å². The van der Waals surface area contributed by atoms with Crippen LogP contribution in [0.25, 0.3) is 0 Å². The average molecular weight is 285 g/mol. The predicted octanol–water partition coefficient (Wildman–Crippen LogP) is 0.223. The van der Waals surface area contributed by atoms with Crippen LogP contribution in [0.5, 0.6) is 0 Å². The van der Waals surface area contributed by atoms with Gasteiger partial charge in [-0.2, -0.15) is 8.62 Å². The molecule has 0 spiro atoms. The van der Waals surface area contributed by atoms with E-state index in [0.717, 1.165) is 0 Å². The monoisotopic (exact) mass is 285 g/mol. The average Bonchev–Trinajstić information content (AvgIpc) is 1.99. The minimum Gasteiger partial charge on any atom is -0.302 e. The van der Waals surface area contributed by atoms with E-state index in [-0.39, 0.29) is 0 Å². The van der Waals surface area contributed by atoms with Crippen molar-refractivity contribution >= 4 is 23.5 Å². The molecule has 11 nitrogen and oxygen atoms in total. The zero-order chi connectivity index (χ0) is 11.7. The maximum absolute atomic E-state index is 11.3. The Labute approximate surface area is 82.8 Å². The molecule has 1 heterocycles. The summed E-state index contributed by atoms with van der Waals surface area (Å²) in [5.41, 5.74) is 0. The summed E-state index contributed by atoms with van der Waals surface area (Å²) in [5, 5.41) is 0. The summed E-state index contributed by atoms with van der Waals surface area (Å²) in [4.78, 5) is 16.7. The molecule has 90 valence electrons. The molecule has 0 bridgehead atoms. The Hall–Kier alpha value is 0.370. The number of hydrogen-bond donors (Lipinski definition) is 3. The molecule has 4 N–H and O–H groups in total. The van der Waals surface area contributed by atoms with Gasteiger partial charge in [0.05, 0.1) is 0 Å². The van der Waals surface area contributed by atoms with Gasteiger partial charge in [-0.15, -0.1) is 0 Å². The van der Waals surface area contributed by atoms with Gasteiger partial charge >= 0.3 is 23.5 Å². The molecule has 1 aliphatic rings. The fraction of sp³-hybridized carbons (Fsp3) is 1.00. The lowest BCUT2D eigenvalue weighted by Gasteiger charge is -2.25. The quantitative estimate of drug-likeness (QED) is 0.479. The van der Waals surface area contributed by atoms with Crippen LogP contribution in [0.15, 0.2) is 0 Å². The van der Waals surface area contributed by atoms with Gasteiger partial charge in [0, 0.05) is 0 Å². The molecule has 2 unspecified atom stereocenters. The highest BCUT2D eigenvalue weighted by Gasteiger charge is 2.49. The second-order valence-corrected chi connectivity index (χ2v) is 6.83. The Kier molecular flexibility index (Phi) is 3.87. The van der Waals surface area contributed by atoms with Crippen LogP contribution in [-0.4, -0.2) is 16.6 Å². The summed E-state index contributed by atoms with van der Waals surface area (Å²) in [7, 11) is -14.3. The van der Waals surface area contributed by atoms with Gasteiger partial charge in [0.2, 0.25) is 0 Å². The molecule has 1 saturated heterocycles. The second-order valence-electron chi connectivity index (χ2n) is 2.03. The molecule has 0 radical (unpaired) electrons. The number of phosphoric acid groups is 3. The molecule has 0 aromatic rings. The Morgan fingerprint density at radius 1 is 1.27 bits per heavy atom. The molecule has 0 amide bonds. The molecule has 15 heavy (non-hydrogen) atoms. The van der Waals surface area contributed by atoms with Gasteiger partial charge < -0.3 is 9.79 Å². The van der Waals surface area contributed by atoms with Crippen molar-refractivity contribution in [3.63, 3.8) is 0 Å². The summed E-state index contributed by atoms with van der Waals surface area (Å²) >= 11 is 0. The van der Waals surface area contributed by atoms with E-state index < -0.39 is 30.3 Å². The van der Waals surface area contributed by atoms with Crippen molar-refractivity contribution in [3.05, 3.63) is 0 Å². The van der Waals surface area contributed by atoms with Crippen LogP contribution in [0.2, 0.25) is 0 Å². The molecule has 2 atom stereocenters. The fourth-order valence-electron chi connectivity index (χ4n) is 0.541. The van der Waals surface area contributed by atoms with Crippen LogP contribution in [0, 0.1) is 0 Å². The Bertz CT molecular complexity index is 369. The van der Waals surface area contributed by atoms with Crippen molar-refractivity contribution in [2.75, 3.05) is 6.79 Å². The molecule has 0 aromatic carbocycles. The Morgan fingerprint density at radius 2 is 1.80 bits per heavy atom. The summed E-state index contributed by atoms with van der Waals surface area (Å²) in [5.74, 6) is 4.48. The first-order valence-electron chi connectivity index (χ1n) is 3.04. The minimum atomic E-state index is -5.15. The van der Waals surface area contributed by atoms with Crippen LogP contribution in [0.4, 0.5) is 0 Å². The van der Waals surface area contributed by atoms with Gasteiger partial charge in [-0.05, 0) is 0 Å². The van der Waals surface area contributed by atoms with Crippen molar-refractivity contribution in [1.29, 1.82) is 0 Å². The minimum absolute atomic E-state index is 0.883. The third-order valence-corrected chi connectivity index (χ3v) is 5.31. The molecular formula is CH6NO10P3. The summed E-state index contributed by atoms with van der Waals surface area (Å²) < 4.78 is 52.4. The van der Waals surface area contributed by atoms with Gasteiger partial charge in [0.25, 0.3) is 0 Å². The van der Waals surface area contributed by atoms with Gasteiger partial charge in [-0.25, -0.2) is 24.2 Å². The predicted molar refractivity (Wildman–Crippen MR) is 41.7 cm³/mol. The van der Waals surface area contributed by atoms with E-state index in [1.165, 1.54) is 0 Å². The van der Waals surface area contributed by atoms with Crippen molar-refractivity contribution < 1.29 is 45.8 Å². The standard InChI is InChI=1S/CH6NO10P3/c2-10-14(6)8-1-9-15(7,12-14)11-13(3,4)5/h1-2H2,(H2,3,4,5). The van der Waals surface area contributed by atoms with E-state index in [1.54, 1.807) is 0 Å². The van der Waals surface area contributed by atoms with E-state index in [1.807, 2.05) is 0 Å². The van der Waals surface area contributed by atoms with Crippen molar-refractivity contribution in [2.24, 2.45) is 5.90 Å². The van der Waals surface area contributed by atoms with E-state index in [2.05, 4.69) is 28.2 Å². The van der Waals surface area contributed by atoms with Gasteiger partial charge in [0.1, 0.15) is 0 Å². The van der Waals surface area contributed by atoms with Gasteiger partial charge in [-0.1, -0.05) is 0 Å². The van der Waals surface area contributed by atoms with Crippen LogP contribution in [0.3, 0.4) is 0 Å². The maximum atomic E-state index is 11.3. The second kappa shape index (κ2) is 4.33. The normalized spacial score (nSPS) is 37.8. The summed E-state index contributed by atoms with van der Waals surface area (Å²) in [6.07, 6.45) is 0. The zero-order valence-electron chi connectivity index (χ0n) is 6.79. The Balaban J connectivity index is 2.83. The highest BCUT2D eigenvalue weighted by atomic mass is 31.3. The number of nitrogens with two attached hydrogens (primary N) is 1. The molecule has 0 saturated carbocycles. The molecule has 0 aliphatic carbocycles. The number of hydrogen-bond acceptors (Lipinski definition) is 9. The van der Waals surface area contributed by atoms with Crippen molar-refractivity contribution in [3.8, 4) is 0 Å². The van der Waals surface area contributed by atoms with E-state index >= 15 is 0 Å². The molecule has 0 aromatic heterocycles. The van der Waals surface area contributed by atoms with Crippen LogP contribution < -0.4 is 5.90 Å². The molecule has 1 fully saturated rings. The summed E-state index contributed by atoms with van der Waals surface area (Å²) in [6.45, 7) is -0.883. The SMILES string of the molecule is NOP1(=O)OCOP(=O)(OP(=O)(O)O)O1. The number of rotatable bonds is 3. The fourth-order valence-corrected chi connectivity index (χ4v) is 4.18. The van der Waals surface area contributed by atoms with Crippen molar-refractivity contribution in [2.45, 2.75) is 0 Å². The third kappa shape index (κ3) is 4.03. The first kappa shape index (κ1) is 13.4. The lowest BCUT2D eigenvalue weighted by Crippen LogP contribution is -2.12. The lowest BCUT2D eigenvalue weighted by atomic mass is 11.6. The maximum Gasteiger partial charge on any atom is 0.502 e. The lowest BCUT2D eigenvalue weighted by molar-refractivity contribution is 0.0127. The topological polar surface area (TPSA) is 164 Å². The van der Waals surface area contributed by atoms with E-state index in [0.29, 0.717) is 0 Å². The first-order valence-corrected chi connectivity index (χ1v) is 7.49. The molecular weight excluding hydrogens is 279 g/mol. The molecule has 1 aliphatic heterocycles. The zero-order valence-corrected chi connectivity index (χ0v) is 9.47. The van der Waals surface area contributed by atoms with E-state index in [4.69, 9.17) is 9.79 Å². The molecule has 14 heteroatoms. The highest BCUT2D eigenvalue weighted by Crippen LogP contribution is 2.72. The summed E-state index contributed by atoms with van der Waals surface area (Å²) in [6, 6.07) is 0. The van der Waals surface area contributed by atoms with Crippen LogP contribution in [0.1, 0.15) is 0 Å².